The van der Waals surface area contributed by atoms with Gasteiger partial charge < -0.3 is 9.80 Å². The molecule has 1 aromatic rings. The molecule has 23 heavy (non-hydrogen) atoms. The van der Waals surface area contributed by atoms with Crippen LogP contribution in [0.3, 0.4) is 0 Å². The first-order chi connectivity index (χ1) is 11.0. The van der Waals surface area contributed by atoms with Crippen LogP contribution >= 0.6 is 0 Å². The van der Waals surface area contributed by atoms with Crippen LogP contribution in [-0.4, -0.2) is 35.8 Å². The van der Waals surface area contributed by atoms with Crippen LogP contribution in [0, 0.1) is 24.2 Å². The number of nitrogens with zero attached hydrogens (tertiary/aromatic N) is 3. The molecular formula is C18H21N3O2. The number of rotatable bonds is 3. The third-order valence-electron chi connectivity index (χ3n) is 5.18. The summed E-state index contributed by atoms with van der Waals surface area (Å²) in [5.74, 6) is -0.478. The van der Waals surface area contributed by atoms with Gasteiger partial charge in [0.2, 0.25) is 11.8 Å². The molecule has 1 atom stereocenters. The number of carbonyl (C=O) groups excluding carboxylic acids is 2. The number of carbonyl (C=O) groups is 2. The van der Waals surface area contributed by atoms with Crippen molar-refractivity contribution in [3.8, 4) is 6.07 Å². The second-order valence-corrected chi connectivity index (χ2v) is 6.64. The van der Waals surface area contributed by atoms with Crippen LogP contribution in [-0.2, 0) is 9.59 Å². The van der Waals surface area contributed by atoms with E-state index in [9.17, 15) is 14.9 Å². The molecular weight excluding hydrogens is 290 g/mol. The van der Waals surface area contributed by atoms with Crippen molar-refractivity contribution in [3.63, 3.8) is 0 Å². The van der Waals surface area contributed by atoms with Gasteiger partial charge in [-0.1, -0.05) is 17.7 Å². The molecule has 2 aliphatic rings. The zero-order valence-corrected chi connectivity index (χ0v) is 13.6. The van der Waals surface area contributed by atoms with E-state index >= 15 is 0 Å². The van der Waals surface area contributed by atoms with Crippen LogP contribution in [0.1, 0.15) is 31.2 Å². The summed E-state index contributed by atoms with van der Waals surface area (Å²) in [7, 11) is 1.70. The number of aryl methyl sites for hydroxylation is 1. The number of anilines is 1. The summed E-state index contributed by atoms with van der Waals surface area (Å²) in [5.41, 5.74) is 1.31. The maximum atomic E-state index is 12.7. The first kappa shape index (κ1) is 15.5. The molecule has 1 saturated heterocycles. The van der Waals surface area contributed by atoms with E-state index in [1.54, 1.807) is 16.8 Å². The van der Waals surface area contributed by atoms with Gasteiger partial charge in [-0.25, -0.2) is 0 Å². The van der Waals surface area contributed by atoms with Crippen molar-refractivity contribution in [2.75, 3.05) is 18.5 Å². The van der Waals surface area contributed by atoms with Gasteiger partial charge in [0.15, 0.2) is 0 Å². The molecule has 0 spiro atoms. The van der Waals surface area contributed by atoms with Crippen LogP contribution in [0.25, 0.3) is 0 Å². The van der Waals surface area contributed by atoms with Crippen LogP contribution in [0.15, 0.2) is 24.3 Å². The molecule has 1 aliphatic heterocycles. The zero-order valence-electron chi connectivity index (χ0n) is 13.6. The summed E-state index contributed by atoms with van der Waals surface area (Å²) >= 11 is 0. The summed E-state index contributed by atoms with van der Waals surface area (Å²) in [5, 5.41) is 9.39. The smallest absolute Gasteiger partial charge is 0.229 e. The number of hydrogen-bond acceptors (Lipinski definition) is 3. The van der Waals surface area contributed by atoms with Crippen molar-refractivity contribution in [2.24, 2.45) is 5.92 Å². The quantitative estimate of drug-likeness (QED) is 0.860. The average Bonchev–Trinajstić information content (AvgIpc) is 2.88. The lowest BCUT2D eigenvalue weighted by molar-refractivity contribution is -0.140. The summed E-state index contributed by atoms with van der Waals surface area (Å²) in [6.07, 6.45) is 2.66. The van der Waals surface area contributed by atoms with Gasteiger partial charge in [0.25, 0.3) is 0 Å². The highest BCUT2D eigenvalue weighted by Crippen LogP contribution is 2.38. The van der Waals surface area contributed by atoms with E-state index in [-0.39, 0.29) is 24.2 Å². The Bertz CT molecular complexity index is 671. The molecule has 1 saturated carbocycles. The van der Waals surface area contributed by atoms with Crippen LogP contribution in [0.5, 0.6) is 0 Å². The minimum atomic E-state index is -0.655. The highest BCUT2D eigenvalue weighted by atomic mass is 16.2. The maximum absolute atomic E-state index is 12.7. The molecule has 5 nitrogen and oxygen atoms in total. The summed E-state index contributed by atoms with van der Waals surface area (Å²) in [6, 6.07) is 10.0. The third kappa shape index (κ3) is 2.59. The Kier molecular flexibility index (Phi) is 3.85. The van der Waals surface area contributed by atoms with E-state index in [1.807, 2.05) is 31.2 Å². The molecule has 0 bridgehead atoms. The molecule has 1 aromatic carbocycles. The fraction of sp³-hybridized carbons (Fsp3) is 0.500. The SMILES string of the molecule is Cc1ccc(N2C[C@@H](C(=O)N(C)C3(C#N)CCC3)CC2=O)cc1. The molecule has 0 N–H and O–H groups in total. The van der Waals surface area contributed by atoms with Gasteiger partial charge >= 0.3 is 0 Å². The molecule has 2 fully saturated rings. The van der Waals surface area contributed by atoms with Gasteiger partial charge in [0.1, 0.15) is 5.54 Å². The van der Waals surface area contributed by atoms with Crippen molar-refractivity contribution in [2.45, 2.75) is 38.1 Å². The monoisotopic (exact) mass is 311 g/mol. The predicted molar refractivity (Wildman–Crippen MR) is 86.6 cm³/mol. The molecule has 0 unspecified atom stereocenters. The van der Waals surface area contributed by atoms with Gasteiger partial charge in [0.05, 0.1) is 12.0 Å². The largest absolute Gasteiger partial charge is 0.327 e. The number of hydrogen-bond donors (Lipinski definition) is 0. The zero-order chi connectivity index (χ0) is 16.6. The van der Waals surface area contributed by atoms with Gasteiger partial charge in [-0.3, -0.25) is 9.59 Å². The molecule has 0 aromatic heterocycles. The predicted octanol–water partition coefficient (Wildman–Crippen LogP) is 2.25. The molecule has 3 rings (SSSR count). The highest BCUT2D eigenvalue weighted by molar-refractivity contribution is 6.00. The van der Waals surface area contributed by atoms with Crippen LogP contribution in [0.2, 0.25) is 0 Å². The van der Waals surface area contributed by atoms with Crippen molar-refractivity contribution in [1.82, 2.24) is 4.90 Å². The Labute approximate surface area is 136 Å². The van der Waals surface area contributed by atoms with Crippen molar-refractivity contribution in [1.29, 1.82) is 5.26 Å². The van der Waals surface area contributed by atoms with E-state index < -0.39 is 5.54 Å². The first-order valence-corrected chi connectivity index (χ1v) is 8.03. The third-order valence-corrected chi connectivity index (χ3v) is 5.18. The van der Waals surface area contributed by atoms with E-state index in [4.69, 9.17) is 0 Å². The lowest BCUT2D eigenvalue weighted by Gasteiger charge is -2.43. The average molecular weight is 311 g/mol. The maximum Gasteiger partial charge on any atom is 0.229 e. The second-order valence-electron chi connectivity index (χ2n) is 6.64. The highest BCUT2D eigenvalue weighted by Gasteiger charge is 2.46. The Morgan fingerprint density at radius 3 is 2.52 bits per heavy atom. The van der Waals surface area contributed by atoms with Gasteiger partial charge in [-0.05, 0) is 38.3 Å². The Hall–Kier alpha value is -2.35. The van der Waals surface area contributed by atoms with Crippen LogP contribution in [0.4, 0.5) is 5.69 Å². The lowest BCUT2D eigenvalue weighted by atomic mass is 9.76. The fourth-order valence-electron chi connectivity index (χ4n) is 3.37. The molecule has 0 radical (unpaired) electrons. The van der Waals surface area contributed by atoms with E-state index in [1.165, 1.54) is 0 Å². The molecule has 5 heteroatoms. The van der Waals surface area contributed by atoms with Crippen molar-refractivity contribution < 1.29 is 9.59 Å². The van der Waals surface area contributed by atoms with Gasteiger partial charge in [-0.2, -0.15) is 5.26 Å². The lowest BCUT2D eigenvalue weighted by Crippen LogP contribution is -2.55. The van der Waals surface area contributed by atoms with Gasteiger partial charge in [-0.15, -0.1) is 0 Å². The molecule has 1 heterocycles. The second kappa shape index (κ2) is 5.69. The number of amides is 2. The van der Waals surface area contributed by atoms with Crippen molar-refractivity contribution >= 4 is 17.5 Å². The minimum Gasteiger partial charge on any atom is -0.327 e. The normalized spacial score (nSPS) is 22.4. The molecule has 1 aliphatic carbocycles. The topological polar surface area (TPSA) is 64.4 Å². The number of benzene rings is 1. The minimum absolute atomic E-state index is 0.0276. The fourth-order valence-corrected chi connectivity index (χ4v) is 3.37. The van der Waals surface area contributed by atoms with Crippen molar-refractivity contribution in [3.05, 3.63) is 29.8 Å². The molecule has 2 amide bonds. The van der Waals surface area contributed by atoms with Crippen LogP contribution < -0.4 is 4.90 Å². The van der Waals surface area contributed by atoms with E-state index in [0.29, 0.717) is 6.54 Å². The first-order valence-electron chi connectivity index (χ1n) is 8.03. The summed E-state index contributed by atoms with van der Waals surface area (Å²) in [4.78, 5) is 28.3. The molecule has 120 valence electrons. The summed E-state index contributed by atoms with van der Waals surface area (Å²) < 4.78 is 0. The standard InChI is InChI=1S/C18H21N3O2/c1-13-4-6-15(7-5-13)21-11-14(10-16(21)22)17(23)20(2)18(12-19)8-3-9-18/h4-7,14H,3,8-11H2,1-2H3/t14-/m0/s1. The number of nitriles is 1. The summed E-state index contributed by atoms with van der Waals surface area (Å²) in [6.45, 7) is 2.39. The van der Waals surface area contributed by atoms with E-state index in [0.717, 1.165) is 30.5 Å². The Balaban J connectivity index is 1.73. The Morgan fingerprint density at radius 2 is 2.00 bits per heavy atom. The van der Waals surface area contributed by atoms with Gasteiger partial charge in [0, 0.05) is 25.7 Å². The Morgan fingerprint density at radius 1 is 1.35 bits per heavy atom. The van der Waals surface area contributed by atoms with E-state index in [2.05, 4.69) is 6.07 Å².